The second kappa shape index (κ2) is 1.86. The van der Waals surface area contributed by atoms with Crippen LogP contribution >= 0.6 is 0 Å². The van der Waals surface area contributed by atoms with E-state index in [4.69, 9.17) is 5.73 Å². The molecule has 0 fully saturated rings. The van der Waals surface area contributed by atoms with Crippen LogP contribution in [0.4, 0.5) is 4.39 Å². The Hall–Kier alpha value is -0.370. The van der Waals surface area contributed by atoms with Crippen molar-refractivity contribution in [3.63, 3.8) is 0 Å². The Balaban J connectivity index is 2.56. The summed E-state index contributed by atoms with van der Waals surface area (Å²) in [5, 5.41) is 0. The van der Waals surface area contributed by atoms with Crippen molar-refractivity contribution in [3.05, 3.63) is 11.6 Å². The molecule has 0 aliphatic heterocycles. The van der Waals surface area contributed by atoms with Crippen LogP contribution in [0.3, 0.4) is 0 Å². The standard InChI is InChI=1S/C6H10FN/c1-4-2-5(7)6(8)3-4/h2,5-6H,3,8H2,1H3/t5-,6+/m1/s1. The molecule has 0 aromatic carbocycles. The van der Waals surface area contributed by atoms with E-state index < -0.39 is 6.17 Å². The summed E-state index contributed by atoms with van der Waals surface area (Å²) in [5.41, 5.74) is 6.42. The highest BCUT2D eigenvalue weighted by Crippen LogP contribution is 2.18. The lowest BCUT2D eigenvalue weighted by Crippen LogP contribution is -2.25. The second-order valence-corrected chi connectivity index (χ2v) is 2.33. The van der Waals surface area contributed by atoms with Crippen molar-refractivity contribution in [2.24, 2.45) is 5.73 Å². The van der Waals surface area contributed by atoms with Gasteiger partial charge in [-0.1, -0.05) is 11.6 Å². The minimum Gasteiger partial charge on any atom is -0.325 e. The SMILES string of the molecule is CC1=C[C@@H](F)[C@@H](N)C1. The number of hydrogen-bond donors (Lipinski definition) is 1. The van der Waals surface area contributed by atoms with Crippen LogP contribution in [0.25, 0.3) is 0 Å². The molecule has 1 rings (SSSR count). The fourth-order valence-electron chi connectivity index (χ4n) is 0.948. The molecule has 0 saturated carbocycles. The molecule has 2 atom stereocenters. The highest BCUT2D eigenvalue weighted by Gasteiger charge is 2.20. The molecular weight excluding hydrogens is 105 g/mol. The summed E-state index contributed by atoms with van der Waals surface area (Å²) in [6.45, 7) is 1.90. The first kappa shape index (κ1) is 5.76. The Labute approximate surface area is 48.4 Å². The zero-order valence-corrected chi connectivity index (χ0v) is 4.89. The minimum absolute atomic E-state index is 0.269. The Bertz CT molecular complexity index is 120. The number of rotatable bonds is 0. The number of halogens is 1. The summed E-state index contributed by atoms with van der Waals surface area (Å²) in [4.78, 5) is 0. The van der Waals surface area contributed by atoms with Gasteiger partial charge in [-0.15, -0.1) is 0 Å². The van der Waals surface area contributed by atoms with E-state index in [0.717, 1.165) is 12.0 Å². The first-order valence-electron chi connectivity index (χ1n) is 2.77. The van der Waals surface area contributed by atoms with Crippen LogP contribution < -0.4 is 5.73 Å². The zero-order valence-electron chi connectivity index (χ0n) is 4.89. The predicted octanol–water partition coefficient (Wildman–Crippen LogP) is 1.00. The van der Waals surface area contributed by atoms with Crippen molar-refractivity contribution >= 4 is 0 Å². The predicted molar refractivity (Wildman–Crippen MR) is 31.2 cm³/mol. The van der Waals surface area contributed by atoms with E-state index in [1.54, 1.807) is 6.08 Å². The molecule has 1 aliphatic carbocycles. The van der Waals surface area contributed by atoms with Gasteiger partial charge in [0.15, 0.2) is 0 Å². The number of alkyl halides is 1. The van der Waals surface area contributed by atoms with Gasteiger partial charge in [-0.05, 0) is 13.3 Å². The molecule has 2 N–H and O–H groups in total. The van der Waals surface area contributed by atoms with Crippen LogP contribution in [-0.4, -0.2) is 12.2 Å². The minimum atomic E-state index is -0.894. The third kappa shape index (κ3) is 0.892. The van der Waals surface area contributed by atoms with Gasteiger partial charge < -0.3 is 5.73 Å². The van der Waals surface area contributed by atoms with Crippen LogP contribution in [0.5, 0.6) is 0 Å². The number of hydrogen-bond acceptors (Lipinski definition) is 1. The van der Waals surface area contributed by atoms with E-state index in [1.165, 1.54) is 0 Å². The molecular formula is C6H10FN. The van der Waals surface area contributed by atoms with Crippen molar-refractivity contribution in [1.82, 2.24) is 0 Å². The maximum Gasteiger partial charge on any atom is 0.134 e. The van der Waals surface area contributed by atoms with E-state index in [2.05, 4.69) is 0 Å². The van der Waals surface area contributed by atoms with Crippen molar-refractivity contribution in [3.8, 4) is 0 Å². The summed E-state index contributed by atoms with van der Waals surface area (Å²) >= 11 is 0. The van der Waals surface area contributed by atoms with E-state index >= 15 is 0 Å². The van der Waals surface area contributed by atoms with Gasteiger partial charge in [-0.25, -0.2) is 4.39 Å². The van der Waals surface area contributed by atoms with Crippen molar-refractivity contribution in [2.75, 3.05) is 0 Å². The molecule has 0 spiro atoms. The highest BCUT2D eigenvalue weighted by molar-refractivity contribution is 5.14. The summed E-state index contributed by atoms with van der Waals surface area (Å²) in [5.74, 6) is 0. The highest BCUT2D eigenvalue weighted by atomic mass is 19.1. The quantitative estimate of drug-likeness (QED) is 0.468. The molecule has 0 aromatic heterocycles. The van der Waals surface area contributed by atoms with Crippen LogP contribution in [0.1, 0.15) is 13.3 Å². The van der Waals surface area contributed by atoms with Gasteiger partial charge in [-0.3, -0.25) is 0 Å². The van der Waals surface area contributed by atoms with Crippen LogP contribution in [0, 0.1) is 0 Å². The lowest BCUT2D eigenvalue weighted by molar-refractivity contribution is 0.357. The molecule has 0 bridgehead atoms. The van der Waals surface area contributed by atoms with Crippen LogP contribution in [-0.2, 0) is 0 Å². The Morgan fingerprint density at radius 1 is 1.88 bits per heavy atom. The summed E-state index contributed by atoms with van der Waals surface area (Å²) in [6, 6.07) is -0.269. The van der Waals surface area contributed by atoms with E-state index in [0.29, 0.717) is 0 Å². The largest absolute Gasteiger partial charge is 0.325 e. The number of nitrogens with two attached hydrogens (primary N) is 1. The van der Waals surface area contributed by atoms with Gasteiger partial charge in [0.05, 0.1) is 0 Å². The summed E-state index contributed by atoms with van der Waals surface area (Å²) in [7, 11) is 0. The van der Waals surface area contributed by atoms with Gasteiger partial charge >= 0.3 is 0 Å². The third-order valence-corrected chi connectivity index (χ3v) is 1.41. The molecule has 0 amide bonds. The molecule has 0 unspecified atom stereocenters. The maximum atomic E-state index is 12.4. The lowest BCUT2D eigenvalue weighted by Gasteiger charge is -2.02. The molecule has 2 heteroatoms. The Morgan fingerprint density at radius 2 is 2.50 bits per heavy atom. The molecule has 8 heavy (non-hydrogen) atoms. The smallest absolute Gasteiger partial charge is 0.134 e. The monoisotopic (exact) mass is 115 g/mol. The Kier molecular flexibility index (Phi) is 1.34. The normalized spacial score (nSPS) is 37.6. The summed E-state index contributed by atoms with van der Waals surface area (Å²) in [6.07, 6.45) is 1.42. The zero-order chi connectivity index (χ0) is 6.15. The molecule has 1 aliphatic rings. The van der Waals surface area contributed by atoms with Gasteiger partial charge in [-0.2, -0.15) is 0 Å². The molecule has 0 radical (unpaired) electrons. The Morgan fingerprint density at radius 3 is 2.62 bits per heavy atom. The fraction of sp³-hybridized carbons (Fsp3) is 0.667. The van der Waals surface area contributed by atoms with E-state index in [1.807, 2.05) is 6.92 Å². The van der Waals surface area contributed by atoms with Crippen LogP contribution in [0.2, 0.25) is 0 Å². The van der Waals surface area contributed by atoms with Gasteiger partial charge in [0.1, 0.15) is 6.17 Å². The van der Waals surface area contributed by atoms with Gasteiger partial charge in [0.2, 0.25) is 0 Å². The molecule has 1 nitrogen and oxygen atoms in total. The molecule has 0 aromatic rings. The van der Waals surface area contributed by atoms with E-state index in [9.17, 15) is 4.39 Å². The molecule has 0 heterocycles. The van der Waals surface area contributed by atoms with Gasteiger partial charge in [0.25, 0.3) is 0 Å². The fourth-order valence-corrected chi connectivity index (χ4v) is 0.948. The molecule has 46 valence electrons. The second-order valence-electron chi connectivity index (χ2n) is 2.33. The van der Waals surface area contributed by atoms with Crippen molar-refractivity contribution in [1.29, 1.82) is 0 Å². The summed E-state index contributed by atoms with van der Waals surface area (Å²) < 4.78 is 12.4. The average molecular weight is 115 g/mol. The topological polar surface area (TPSA) is 26.0 Å². The van der Waals surface area contributed by atoms with E-state index in [-0.39, 0.29) is 6.04 Å². The lowest BCUT2D eigenvalue weighted by atomic mass is 10.2. The third-order valence-electron chi connectivity index (χ3n) is 1.41. The average Bonchev–Trinajstić information content (AvgIpc) is 1.85. The van der Waals surface area contributed by atoms with Crippen LogP contribution in [0.15, 0.2) is 11.6 Å². The van der Waals surface area contributed by atoms with Crippen molar-refractivity contribution in [2.45, 2.75) is 25.6 Å². The van der Waals surface area contributed by atoms with Gasteiger partial charge in [0, 0.05) is 6.04 Å². The van der Waals surface area contributed by atoms with Crippen molar-refractivity contribution < 1.29 is 4.39 Å². The first-order chi connectivity index (χ1) is 3.70. The maximum absolute atomic E-state index is 12.4. The first-order valence-corrected chi connectivity index (χ1v) is 2.77. The molecule has 0 saturated heterocycles.